The van der Waals surface area contributed by atoms with Crippen molar-refractivity contribution in [1.29, 1.82) is 0 Å². The average Bonchev–Trinajstić information content (AvgIpc) is 2.43. The van der Waals surface area contributed by atoms with E-state index in [1.54, 1.807) is 15.0 Å². The van der Waals surface area contributed by atoms with Crippen molar-refractivity contribution in [3.8, 4) is 0 Å². The smallest absolute Gasteiger partial charge is 0.352 e. The van der Waals surface area contributed by atoms with Crippen LogP contribution in [0.15, 0.2) is 24.0 Å². The number of nitrogen functional groups attached to an aromatic ring is 4. The molecule has 0 saturated heterocycles. The first-order chi connectivity index (χ1) is 12.5. The maximum absolute atomic E-state index is 10.3. The first kappa shape index (κ1) is 20.3. The van der Waals surface area contributed by atoms with Gasteiger partial charge >= 0.3 is 28.4 Å². The van der Waals surface area contributed by atoms with Crippen molar-refractivity contribution in [2.75, 3.05) is 22.9 Å². The lowest BCUT2D eigenvalue weighted by atomic mass is 10.9. The Morgan fingerprint density at radius 1 is 0.481 bits per heavy atom. The van der Waals surface area contributed by atoms with Crippen molar-refractivity contribution in [3.63, 3.8) is 0 Å². The summed E-state index contributed by atoms with van der Waals surface area (Å²) < 4.78 is 0. The highest BCUT2D eigenvalue weighted by atomic mass is 16.2. The van der Waals surface area contributed by atoms with Gasteiger partial charge in [-0.25, -0.2) is 24.0 Å². The molecule has 3 heterocycles. The number of H-pyrrole nitrogens is 5. The van der Waals surface area contributed by atoms with Crippen LogP contribution in [0.25, 0.3) is 0 Å². The fraction of sp³-hybridized carbons (Fsp3) is 0. The van der Waals surface area contributed by atoms with E-state index in [1.807, 2.05) is 4.98 Å². The van der Waals surface area contributed by atoms with Gasteiger partial charge in [0.05, 0.1) is 0 Å². The van der Waals surface area contributed by atoms with Gasteiger partial charge in [0, 0.05) is 0 Å². The first-order valence-corrected chi connectivity index (χ1v) is 6.46. The summed E-state index contributed by atoms with van der Waals surface area (Å²) in [7, 11) is 0. The summed E-state index contributed by atoms with van der Waals surface area (Å²) in [5.74, 6) is -0.0521. The Bertz CT molecular complexity index is 1030. The molecule has 0 aliphatic rings. The molecule has 3 aromatic rings. The molecule has 3 aromatic heterocycles. The molecule has 18 heteroatoms. The van der Waals surface area contributed by atoms with Crippen LogP contribution in [-0.4, -0.2) is 44.9 Å². The van der Waals surface area contributed by atoms with Gasteiger partial charge in [0.1, 0.15) is 0 Å². The number of nitrogens with two attached hydrogens (primary N) is 4. The third kappa shape index (κ3) is 8.05. The largest absolute Gasteiger partial charge is 0.369 e. The van der Waals surface area contributed by atoms with E-state index in [0.29, 0.717) is 0 Å². The molecule has 0 bridgehead atoms. The molecule has 0 aliphatic heterocycles. The molecule has 18 nitrogen and oxygen atoms in total. The normalized spacial score (nSPS) is 9.33. The van der Waals surface area contributed by atoms with Crippen LogP contribution in [0.2, 0.25) is 0 Å². The number of hydrogen-bond acceptors (Lipinski definition) is 13. The molecule has 13 N–H and O–H groups in total. The first-order valence-electron chi connectivity index (χ1n) is 6.46. The standard InChI is InChI=1S/C3H6N6.C3H4N4O2.C3H3N3O3/c4-1-7-2(5)9-3(6)8-1;4-1-5-2(8)7-3(9)6-1;7-1-4-2(8)6-3(9)5-1/h(H6,4,5,6,7,8,9);(H4,4,5,6,7,8,9);(H3,4,5,6,7,8,9). The molecule has 0 aliphatic carbocycles. The van der Waals surface area contributed by atoms with E-state index in [0.717, 1.165) is 0 Å². The number of hydrogen-bond donors (Lipinski definition) is 9. The van der Waals surface area contributed by atoms with E-state index in [4.69, 9.17) is 22.9 Å². The number of nitrogens with one attached hydrogen (secondary N) is 5. The molecule has 0 fully saturated rings. The second kappa shape index (κ2) is 8.91. The molecule has 0 radical (unpaired) electrons. The van der Waals surface area contributed by atoms with E-state index in [2.05, 4.69) is 24.9 Å². The molecule has 3 rings (SSSR count). The summed E-state index contributed by atoms with van der Waals surface area (Å²) in [6.07, 6.45) is 0. The number of aromatic nitrogens is 9. The Balaban J connectivity index is 0.000000202. The topological polar surface area (TPSA) is 320 Å². The molecule has 144 valence electrons. The second-order valence-electron chi connectivity index (χ2n) is 4.15. The predicted octanol–water partition coefficient (Wildman–Crippen LogP) is -5.59. The zero-order valence-corrected chi connectivity index (χ0v) is 13.1. The summed E-state index contributed by atoms with van der Waals surface area (Å²) >= 11 is 0. The number of anilines is 4. The number of aromatic amines is 5. The van der Waals surface area contributed by atoms with Crippen molar-refractivity contribution in [2.45, 2.75) is 0 Å². The summed E-state index contributed by atoms with van der Waals surface area (Å²) in [6, 6.07) is 0. The summed E-state index contributed by atoms with van der Waals surface area (Å²) in [4.78, 5) is 74.0. The number of nitrogens with zero attached hydrogens (tertiary/aromatic N) is 4. The van der Waals surface area contributed by atoms with Gasteiger partial charge in [0.15, 0.2) is 0 Å². The molecule has 27 heavy (non-hydrogen) atoms. The zero-order chi connectivity index (χ0) is 20.6. The van der Waals surface area contributed by atoms with Crippen LogP contribution in [0.4, 0.5) is 23.8 Å². The van der Waals surface area contributed by atoms with Gasteiger partial charge in [0.2, 0.25) is 23.8 Å². The summed E-state index contributed by atoms with van der Waals surface area (Å²) in [6.45, 7) is 0. The molecular weight excluding hydrogens is 370 g/mol. The van der Waals surface area contributed by atoms with E-state index >= 15 is 0 Å². The molecule has 0 unspecified atom stereocenters. The van der Waals surface area contributed by atoms with Crippen molar-refractivity contribution in [2.24, 2.45) is 0 Å². The number of rotatable bonds is 0. The van der Waals surface area contributed by atoms with Crippen molar-refractivity contribution in [1.82, 2.24) is 44.9 Å². The molecule has 0 amide bonds. The Morgan fingerprint density at radius 2 is 0.815 bits per heavy atom. The van der Waals surface area contributed by atoms with Gasteiger partial charge in [-0.3, -0.25) is 24.9 Å². The second-order valence-corrected chi connectivity index (χ2v) is 4.15. The minimum absolute atomic E-state index is 0.0417. The van der Waals surface area contributed by atoms with Crippen LogP contribution in [0.3, 0.4) is 0 Å². The lowest BCUT2D eigenvalue weighted by molar-refractivity contribution is 0.888. The minimum atomic E-state index is -0.802. The van der Waals surface area contributed by atoms with Crippen LogP contribution in [0.1, 0.15) is 0 Å². The molecule has 0 atom stereocenters. The molecular formula is C9H13N13O5. The maximum Gasteiger partial charge on any atom is 0.352 e. The summed E-state index contributed by atoms with van der Waals surface area (Å²) in [5, 5.41) is 0. The van der Waals surface area contributed by atoms with Gasteiger partial charge in [-0.15, -0.1) is 0 Å². The van der Waals surface area contributed by atoms with Gasteiger partial charge in [-0.1, -0.05) is 0 Å². The van der Waals surface area contributed by atoms with Crippen LogP contribution in [0, 0.1) is 0 Å². The van der Waals surface area contributed by atoms with E-state index in [1.165, 1.54) is 0 Å². The highest BCUT2D eigenvalue weighted by Crippen LogP contribution is 1.97. The summed E-state index contributed by atoms with van der Waals surface area (Å²) in [5.41, 5.74) is 16.6. The van der Waals surface area contributed by atoms with Crippen LogP contribution >= 0.6 is 0 Å². The SMILES string of the molecule is Nc1nc(=O)[nH]c(=O)[nH]1.Nc1nc(N)nc(N)n1.O=c1[nH]c(=O)[nH]c(=O)[nH]1. The van der Waals surface area contributed by atoms with Gasteiger partial charge in [0.25, 0.3) is 0 Å². The van der Waals surface area contributed by atoms with Gasteiger partial charge < -0.3 is 22.9 Å². The lowest BCUT2D eigenvalue weighted by Crippen LogP contribution is -2.34. The Hall–Kier alpha value is -4.77. The van der Waals surface area contributed by atoms with Crippen molar-refractivity contribution in [3.05, 3.63) is 52.4 Å². The fourth-order valence-electron chi connectivity index (χ4n) is 1.24. The quantitative estimate of drug-likeness (QED) is 0.175. The molecule has 0 saturated carbocycles. The van der Waals surface area contributed by atoms with E-state index in [-0.39, 0.29) is 23.8 Å². The highest BCUT2D eigenvalue weighted by Gasteiger charge is 1.94. The Kier molecular flexibility index (Phi) is 6.69. The van der Waals surface area contributed by atoms with Gasteiger partial charge in [-0.05, 0) is 0 Å². The van der Waals surface area contributed by atoms with Crippen molar-refractivity contribution >= 4 is 23.8 Å². The average molecular weight is 383 g/mol. The zero-order valence-electron chi connectivity index (χ0n) is 13.1. The van der Waals surface area contributed by atoms with Crippen LogP contribution < -0.4 is 51.4 Å². The highest BCUT2D eigenvalue weighted by molar-refractivity contribution is 5.33. The van der Waals surface area contributed by atoms with Crippen LogP contribution in [0.5, 0.6) is 0 Å². The lowest BCUT2D eigenvalue weighted by Gasteiger charge is -1.93. The van der Waals surface area contributed by atoms with Gasteiger partial charge in [-0.2, -0.15) is 19.9 Å². The van der Waals surface area contributed by atoms with E-state index < -0.39 is 28.4 Å². The van der Waals surface area contributed by atoms with E-state index in [9.17, 15) is 24.0 Å². The third-order valence-corrected chi connectivity index (χ3v) is 2.05. The van der Waals surface area contributed by atoms with Crippen LogP contribution in [-0.2, 0) is 0 Å². The van der Waals surface area contributed by atoms with Crippen molar-refractivity contribution < 1.29 is 0 Å². The fourth-order valence-corrected chi connectivity index (χ4v) is 1.24. The minimum Gasteiger partial charge on any atom is -0.369 e. The Labute approximate surface area is 145 Å². The Morgan fingerprint density at radius 3 is 1.11 bits per heavy atom. The monoisotopic (exact) mass is 383 g/mol. The predicted molar refractivity (Wildman–Crippen MR) is 91.3 cm³/mol. The third-order valence-electron chi connectivity index (χ3n) is 2.05. The molecule has 0 aromatic carbocycles. The molecule has 0 spiro atoms. The maximum atomic E-state index is 10.3.